The summed E-state index contributed by atoms with van der Waals surface area (Å²) in [5.74, 6) is -2.77. The maximum absolute atomic E-state index is 12.9. The second-order valence-electron chi connectivity index (χ2n) is 7.82. The van der Waals surface area contributed by atoms with Crippen molar-refractivity contribution in [3.05, 3.63) is 0 Å². The number of carboxylic acids is 1. The maximum atomic E-state index is 12.9. The number of nitrogens with one attached hydrogen (secondary N) is 4. The van der Waals surface area contributed by atoms with Crippen molar-refractivity contribution in [1.82, 2.24) is 21.3 Å². The summed E-state index contributed by atoms with van der Waals surface area (Å²) in [5.41, 5.74) is 0. The monoisotopic (exact) mass is 398 g/mol. The summed E-state index contributed by atoms with van der Waals surface area (Å²) < 4.78 is 0. The van der Waals surface area contributed by atoms with E-state index < -0.39 is 35.9 Å². The van der Waals surface area contributed by atoms with Gasteiger partial charge in [-0.1, -0.05) is 34.1 Å². The van der Waals surface area contributed by atoms with Gasteiger partial charge in [0.15, 0.2) is 0 Å². The van der Waals surface area contributed by atoms with Crippen molar-refractivity contribution < 1.29 is 24.3 Å². The van der Waals surface area contributed by atoms with Crippen LogP contribution in [0.15, 0.2) is 0 Å². The van der Waals surface area contributed by atoms with Crippen LogP contribution < -0.4 is 21.3 Å². The molecule has 1 saturated heterocycles. The van der Waals surface area contributed by atoms with Crippen LogP contribution in [0.1, 0.15) is 53.9 Å². The lowest BCUT2D eigenvalue weighted by Crippen LogP contribution is -2.59. The highest BCUT2D eigenvalue weighted by Gasteiger charge is 2.33. The molecule has 1 aliphatic rings. The highest BCUT2D eigenvalue weighted by atomic mass is 16.4. The molecule has 3 amide bonds. The topological polar surface area (TPSA) is 137 Å². The highest BCUT2D eigenvalue weighted by molar-refractivity contribution is 5.94. The van der Waals surface area contributed by atoms with Crippen LogP contribution in [0.4, 0.5) is 0 Å². The van der Waals surface area contributed by atoms with E-state index in [2.05, 4.69) is 21.3 Å². The number of carbonyl (C=O) groups is 4. The van der Waals surface area contributed by atoms with E-state index in [1.165, 1.54) is 6.92 Å². The molecule has 9 nitrogen and oxygen atoms in total. The van der Waals surface area contributed by atoms with E-state index in [1.807, 2.05) is 13.8 Å². The Kier molecular flexibility index (Phi) is 9.37. The van der Waals surface area contributed by atoms with Gasteiger partial charge >= 0.3 is 5.97 Å². The maximum Gasteiger partial charge on any atom is 0.325 e. The fourth-order valence-corrected chi connectivity index (χ4v) is 3.01. The van der Waals surface area contributed by atoms with E-state index in [1.54, 1.807) is 13.8 Å². The molecular weight excluding hydrogens is 364 g/mol. The Labute approximate surface area is 166 Å². The summed E-state index contributed by atoms with van der Waals surface area (Å²) in [6, 6.07) is -3.04. The van der Waals surface area contributed by atoms with Crippen LogP contribution in [-0.4, -0.2) is 59.5 Å². The molecule has 1 aliphatic heterocycles. The first-order chi connectivity index (χ1) is 13.1. The number of aliphatic carboxylic acids is 1. The Bertz CT molecular complexity index is 575. The van der Waals surface area contributed by atoms with E-state index in [0.29, 0.717) is 6.42 Å². The number of carbonyl (C=O) groups excluding carboxylic acids is 3. The molecule has 1 rings (SSSR count). The Morgan fingerprint density at radius 3 is 2.07 bits per heavy atom. The van der Waals surface area contributed by atoms with Gasteiger partial charge in [-0.2, -0.15) is 0 Å². The van der Waals surface area contributed by atoms with Gasteiger partial charge in [-0.05, 0) is 38.1 Å². The fraction of sp³-hybridized carbons (Fsp3) is 0.789. The minimum atomic E-state index is -1.16. The summed E-state index contributed by atoms with van der Waals surface area (Å²) in [6.07, 6.45) is 2.31. The molecule has 0 radical (unpaired) electrons. The molecule has 1 heterocycles. The normalized spacial score (nSPS) is 20.7. The average Bonchev–Trinajstić information content (AvgIpc) is 3.17. The summed E-state index contributed by atoms with van der Waals surface area (Å²) in [6.45, 7) is 9.44. The molecule has 0 aromatic rings. The van der Waals surface area contributed by atoms with Gasteiger partial charge in [-0.3, -0.25) is 19.2 Å². The molecule has 0 bridgehead atoms. The molecule has 9 heteroatoms. The van der Waals surface area contributed by atoms with Crippen LogP contribution in [0.25, 0.3) is 0 Å². The number of rotatable bonds is 10. The Hall–Kier alpha value is -2.16. The molecule has 0 saturated carbocycles. The summed E-state index contributed by atoms with van der Waals surface area (Å²) >= 11 is 0. The lowest BCUT2D eigenvalue weighted by molar-refractivity contribution is -0.142. The summed E-state index contributed by atoms with van der Waals surface area (Å²) in [5, 5.41) is 20.0. The van der Waals surface area contributed by atoms with Gasteiger partial charge in [-0.25, -0.2) is 0 Å². The first-order valence-electron chi connectivity index (χ1n) is 9.95. The molecule has 1 fully saturated rings. The zero-order valence-electron chi connectivity index (χ0n) is 17.4. The molecule has 0 aromatic heterocycles. The molecule has 160 valence electrons. The largest absolute Gasteiger partial charge is 0.480 e. The van der Waals surface area contributed by atoms with Gasteiger partial charge in [0.25, 0.3) is 0 Å². The van der Waals surface area contributed by atoms with Gasteiger partial charge in [0.1, 0.15) is 18.1 Å². The van der Waals surface area contributed by atoms with Gasteiger partial charge in [0.05, 0.1) is 6.04 Å². The molecule has 5 N–H and O–H groups in total. The van der Waals surface area contributed by atoms with Crippen molar-refractivity contribution >= 4 is 23.7 Å². The number of hydrogen-bond acceptors (Lipinski definition) is 5. The van der Waals surface area contributed by atoms with Crippen LogP contribution in [0.5, 0.6) is 0 Å². The number of carboxylic acid groups (broad SMARTS) is 1. The lowest BCUT2D eigenvalue weighted by Gasteiger charge is -2.29. The molecular formula is C19H34N4O5. The van der Waals surface area contributed by atoms with Crippen molar-refractivity contribution in [2.75, 3.05) is 6.54 Å². The molecule has 0 aliphatic carbocycles. The van der Waals surface area contributed by atoms with E-state index >= 15 is 0 Å². The summed E-state index contributed by atoms with van der Waals surface area (Å²) in [7, 11) is 0. The smallest absolute Gasteiger partial charge is 0.325 e. The first kappa shape index (κ1) is 23.9. The third kappa shape index (κ3) is 6.78. The van der Waals surface area contributed by atoms with E-state index in [-0.39, 0.29) is 23.8 Å². The molecule has 5 unspecified atom stereocenters. The quantitative estimate of drug-likeness (QED) is 0.351. The van der Waals surface area contributed by atoms with E-state index in [9.17, 15) is 19.2 Å². The van der Waals surface area contributed by atoms with E-state index in [0.717, 1.165) is 19.4 Å². The minimum Gasteiger partial charge on any atom is -0.480 e. The highest BCUT2D eigenvalue weighted by Crippen LogP contribution is 2.12. The fourth-order valence-electron chi connectivity index (χ4n) is 3.01. The van der Waals surface area contributed by atoms with Gasteiger partial charge in [0.2, 0.25) is 17.7 Å². The summed E-state index contributed by atoms with van der Waals surface area (Å²) in [4.78, 5) is 48.8. The predicted molar refractivity (Wildman–Crippen MR) is 104 cm³/mol. The second-order valence-corrected chi connectivity index (χ2v) is 7.82. The minimum absolute atomic E-state index is 0.126. The average molecular weight is 399 g/mol. The van der Waals surface area contributed by atoms with Crippen LogP contribution in [0, 0.1) is 11.8 Å². The van der Waals surface area contributed by atoms with Crippen molar-refractivity contribution in [2.45, 2.75) is 78.0 Å². The predicted octanol–water partition coefficient (Wildman–Crippen LogP) is -0.000600. The number of amides is 3. The van der Waals surface area contributed by atoms with Crippen molar-refractivity contribution in [2.24, 2.45) is 11.8 Å². The van der Waals surface area contributed by atoms with Crippen LogP contribution in [0.3, 0.4) is 0 Å². The standard InChI is InChI=1S/C19H34N4O5/c1-6-11(4)15(23-16(24)13-8-7-9-20-13)18(26)22-14(10(2)3)17(25)21-12(5)19(27)28/h10-15,20H,6-9H2,1-5H3,(H,21,25)(H,22,26)(H,23,24)(H,27,28). The molecule has 28 heavy (non-hydrogen) atoms. The SMILES string of the molecule is CCC(C)C(NC(=O)C1CCCN1)C(=O)NC(C(=O)NC(C)C(=O)O)C(C)C. The molecule has 0 aromatic carbocycles. The lowest BCUT2D eigenvalue weighted by atomic mass is 9.96. The van der Waals surface area contributed by atoms with Crippen LogP contribution >= 0.6 is 0 Å². The third-order valence-electron chi connectivity index (χ3n) is 5.15. The zero-order valence-corrected chi connectivity index (χ0v) is 17.4. The van der Waals surface area contributed by atoms with Gasteiger partial charge in [0, 0.05) is 0 Å². The van der Waals surface area contributed by atoms with Crippen molar-refractivity contribution in [3.63, 3.8) is 0 Å². The molecule has 0 spiro atoms. The van der Waals surface area contributed by atoms with Gasteiger partial charge < -0.3 is 26.4 Å². The third-order valence-corrected chi connectivity index (χ3v) is 5.15. The zero-order chi connectivity index (χ0) is 21.4. The Morgan fingerprint density at radius 1 is 1.00 bits per heavy atom. The Morgan fingerprint density at radius 2 is 1.61 bits per heavy atom. The van der Waals surface area contributed by atoms with Crippen LogP contribution in [0.2, 0.25) is 0 Å². The first-order valence-corrected chi connectivity index (χ1v) is 9.95. The Balaban J connectivity index is 2.85. The molecule has 5 atom stereocenters. The van der Waals surface area contributed by atoms with Crippen LogP contribution in [-0.2, 0) is 19.2 Å². The van der Waals surface area contributed by atoms with E-state index in [4.69, 9.17) is 5.11 Å². The van der Waals surface area contributed by atoms with Crippen molar-refractivity contribution in [1.29, 1.82) is 0 Å². The second kappa shape index (κ2) is 11.0. The number of hydrogen-bond donors (Lipinski definition) is 5. The van der Waals surface area contributed by atoms with Gasteiger partial charge in [-0.15, -0.1) is 0 Å². The van der Waals surface area contributed by atoms with Crippen molar-refractivity contribution in [3.8, 4) is 0 Å².